The number of amides is 1. The Hall–Kier alpha value is -3.50. The van der Waals surface area contributed by atoms with Crippen LogP contribution >= 0.6 is 9.24 Å². The number of imidazole rings is 1. The molecular weight excluding hydrogens is 588 g/mol. The van der Waals surface area contributed by atoms with Gasteiger partial charge in [-0.1, -0.05) is 25.1 Å². The highest BCUT2D eigenvalue weighted by Gasteiger charge is 2.33. The summed E-state index contributed by atoms with van der Waals surface area (Å²) < 4.78 is 72.6. The largest absolute Gasteiger partial charge is 0.494 e. The molecule has 2 heterocycles. The number of hydrogen-bond acceptors (Lipinski definition) is 6. The summed E-state index contributed by atoms with van der Waals surface area (Å²) >= 11 is 0. The van der Waals surface area contributed by atoms with Gasteiger partial charge < -0.3 is 9.64 Å². The molecule has 0 aliphatic carbocycles. The number of aliphatic imine (C=N–C) groups is 1. The number of nitrogens with zero attached hydrogens (tertiary/aromatic N) is 4. The first kappa shape index (κ1) is 31.4. The van der Waals surface area contributed by atoms with Crippen LogP contribution in [0.5, 0.6) is 5.75 Å². The summed E-state index contributed by atoms with van der Waals surface area (Å²) in [5, 5.41) is -0.0299. The second-order valence-electron chi connectivity index (χ2n) is 9.61. The first-order chi connectivity index (χ1) is 19.9. The van der Waals surface area contributed by atoms with Gasteiger partial charge in [-0.3, -0.25) is 9.36 Å². The Bertz CT molecular complexity index is 1600. The van der Waals surface area contributed by atoms with E-state index in [0.29, 0.717) is 36.1 Å². The van der Waals surface area contributed by atoms with E-state index in [9.17, 15) is 26.4 Å². The van der Waals surface area contributed by atoms with Gasteiger partial charge in [-0.25, -0.2) is 18.4 Å². The number of allylic oxidation sites excluding steroid dienone is 1. The minimum absolute atomic E-state index is 0.0299. The van der Waals surface area contributed by atoms with E-state index in [1.165, 1.54) is 24.0 Å². The lowest BCUT2D eigenvalue weighted by Crippen LogP contribution is -2.36. The molecule has 8 nitrogen and oxygen atoms in total. The number of rotatable bonds is 11. The molecule has 0 spiro atoms. The van der Waals surface area contributed by atoms with E-state index in [0.717, 1.165) is 11.6 Å². The maximum atomic E-state index is 13.6. The van der Waals surface area contributed by atoms with Crippen molar-refractivity contribution < 1.29 is 31.1 Å². The van der Waals surface area contributed by atoms with E-state index in [1.807, 2.05) is 43.5 Å². The van der Waals surface area contributed by atoms with Crippen molar-refractivity contribution in [2.75, 3.05) is 24.7 Å². The molecule has 0 radical (unpaired) electrons. The minimum atomic E-state index is -4.58. The first-order valence-corrected chi connectivity index (χ1v) is 15.8. The average molecular weight is 621 g/mol. The highest BCUT2D eigenvalue weighted by molar-refractivity contribution is 7.91. The maximum absolute atomic E-state index is 13.6. The third-order valence-electron chi connectivity index (χ3n) is 6.69. The summed E-state index contributed by atoms with van der Waals surface area (Å²) in [6.45, 7) is 3.69. The smallest absolute Gasteiger partial charge is 0.417 e. The molecule has 0 N–H and O–H groups in total. The Balaban J connectivity index is 1.72. The van der Waals surface area contributed by atoms with E-state index in [4.69, 9.17) is 4.74 Å². The number of fused-ring (bicyclic) bond motifs is 1. The molecule has 0 bridgehead atoms. The van der Waals surface area contributed by atoms with Crippen LogP contribution in [0.15, 0.2) is 53.5 Å². The number of benzene rings is 2. The summed E-state index contributed by atoms with van der Waals surface area (Å²) in [6, 6.07) is 11.1. The van der Waals surface area contributed by atoms with Crippen LogP contribution < -0.4 is 10.0 Å². The van der Waals surface area contributed by atoms with Crippen LogP contribution in [0.1, 0.15) is 37.1 Å². The van der Waals surface area contributed by atoms with Crippen molar-refractivity contribution >= 4 is 48.7 Å². The Kier molecular flexibility index (Phi) is 9.89. The fourth-order valence-electron chi connectivity index (χ4n) is 4.46. The lowest BCUT2D eigenvalue weighted by Gasteiger charge is -2.23. The van der Waals surface area contributed by atoms with Gasteiger partial charge >= 0.3 is 6.18 Å². The highest BCUT2D eigenvalue weighted by Crippen LogP contribution is 2.33. The van der Waals surface area contributed by atoms with E-state index in [1.54, 1.807) is 10.8 Å². The summed E-state index contributed by atoms with van der Waals surface area (Å²) in [6.07, 6.45) is 1.13. The Morgan fingerprint density at radius 3 is 2.55 bits per heavy atom. The molecule has 224 valence electrons. The van der Waals surface area contributed by atoms with E-state index in [2.05, 4.69) is 19.2 Å². The monoisotopic (exact) mass is 620 g/mol. The van der Waals surface area contributed by atoms with Gasteiger partial charge in [0, 0.05) is 36.7 Å². The zero-order valence-electron chi connectivity index (χ0n) is 23.3. The van der Waals surface area contributed by atoms with Crippen molar-refractivity contribution in [3.63, 3.8) is 0 Å². The van der Waals surface area contributed by atoms with Crippen molar-refractivity contribution in [1.82, 2.24) is 14.5 Å². The van der Waals surface area contributed by atoms with Crippen LogP contribution in [-0.2, 0) is 33.8 Å². The van der Waals surface area contributed by atoms with Crippen LogP contribution in [0.25, 0.3) is 17.5 Å². The van der Waals surface area contributed by atoms with Crippen LogP contribution in [-0.4, -0.2) is 59.6 Å². The average Bonchev–Trinajstić information content (AvgIpc) is 3.11. The van der Waals surface area contributed by atoms with Crippen LogP contribution in [0, 0.1) is 0 Å². The minimum Gasteiger partial charge on any atom is -0.494 e. The SMILES string of the molecule is CCOc1ccc(-c2c(CN(CCS(=O)(=O)CC)C(=O)Cc3ccc(P)c(C(F)(F)F)c3)nc3n2C=CCC=N3)cc1. The number of ether oxygens (including phenoxy) is 1. The van der Waals surface area contributed by atoms with E-state index < -0.39 is 27.5 Å². The molecule has 2 aromatic carbocycles. The molecular formula is C29H32F3N4O4PS. The zero-order valence-corrected chi connectivity index (χ0v) is 25.2. The molecule has 42 heavy (non-hydrogen) atoms. The molecule has 13 heteroatoms. The lowest BCUT2D eigenvalue weighted by molar-refractivity contribution is -0.137. The number of carbonyl (C=O) groups excluding carboxylic acids is 1. The number of carbonyl (C=O) groups is 1. The number of alkyl halides is 3. The topological polar surface area (TPSA) is 93.9 Å². The van der Waals surface area contributed by atoms with Crippen molar-refractivity contribution in [2.45, 2.75) is 39.4 Å². The van der Waals surface area contributed by atoms with Gasteiger partial charge in [0.05, 0.1) is 42.3 Å². The molecule has 1 aliphatic heterocycles. The third-order valence-corrected chi connectivity index (χ3v) is 8.88. The summed E-state index contributed by atoms with van der Waals surface area (Å²) in [5.74, 6) is 0.156. The molecule has 1 aromatic heterocycles. The Morgan fingerprint density at radius 2 is 1.88 bits per heavy atom. The maximum Gasteiger partial charge on any atom is 0.417 e. The zero-order chi connectivity index (χ0) is 30.5. The fourth-order valence-corrected chi connectivity index (χ4v) is 5.59. The van der Waals surface area contributed by atoms with Gasteiger partial charge in [0.25, 0.3) is 0 Å². The Labute approximate surface area is 245 Å². The van der Waals surface area contributed by atoms with Gasteiger partial charge in [0.1, 0.15) is 5.75 Å². The number of sulfone groups is 1. The molecule has 1 unspecified atom stereocenters. The third kappa shape index (κ3) is 7.66. The Morgan fingerprint density at radius 1 is 1.14 bits per heavy atom. The molecule has 1 amide bonds. The fraction of sp³-hybridized carbons (Fsp3) is 0.345. The lowest BCUT2D eigenvalue weighted by atomic mass is 10.1. The summed E-state index contributed by atoms with van der Waals surface area (Å²) in [4.78, 5) is 24.0. The summed E-state index contributed by atoms with van der Waals surface area (Å²) in [5.41, 5.74) is 1.22. The standard InChI is InChI=1S/C29H32F3N4O4PS/c1-3-40-22-10-8-21(9-11-22)27-24(34-28-33-13-5-6-14-36(27)28)19-35(15-16-42(38,39)4-2)26(37)18-20-7-12-25(41)23(17-20)29(30,31)32/h6-14,17H,3-5,15-16,18-19,41H2,1-2H3. The molecule has 0 saturated carbocycles. The van der Waals surface area contributed by atoms with Crippen molar-refractivity contribution in [2.24, 2.45) is 4.99 Å². The molecule has 0 fully saturated rings. The second-order valence-corrected chi connectivity index (χ2v) is 12.7. The van der Waals surface area contributed by atoms with Gasteiger partial charge in [0.15, 0.2) is 9.84 Å². The normalized spacial score (nSPS) is 13.1. The molecule has 4 rings (SSSR count). The van der Waals surface area contributed by atoms with E-state index >= 15 is 0 Å². The predicted molar refractivity (Wildman–Crippen MR) is 161 cm³/mol. The van der Waals surface area contributed by atoms with Crippen LogP contribution in [0.2, 0.25) is 0 Å². The summed E-state index contributed by atoms with van der Waals surface area (Å²) in [7, 11) is -1.39. The molecule has 0 saturated heterocycles. The predicted octanol–water partition coefficient (Wildman–Crippen LogP) is 5.05. The van der Waals surface area contributed by atoms with Crippen LogP contribution in [0.3, 0.4) is 0 Å². The first-order valence-electron chi connectivity index (χ1n) is 13.4. The number of halogens is 3. The second kappa shape index (κ2) is 13.2. The van der Waals surface area contributed by atoms with Gasteiger partial charge in [-0.05, 0) is 48.1 Å². The van der Waals surface area contributed by atoms with Crippen molar-refractivity contribution in [3.8, 4) is 17.0 Å². The number of hydrogen-bond donors (Lipinski definition) is 0. The van der Waals surface area contributed by atoms with Crippen molar-refractivity contribution in [1.29, 1.82) is 0 Å². The molecule has 1 aliphatic rings. The van der Waals surface area contributed by atoms with Gasteiger partial charge in [-0.2, -0.15) is 13.2 Å². The molecule has 3 aromatic rings. The molecule has 1 atom stereocenters. The quantitative estimate of drug-likeness (QED) is 0.280. The van der Waals surface area contributed by atoms with Crippen LogP contribution in [0.4, 0.5) is 19.1 Å². The van der Waals surface area contributed by atoms with Crippen molar-refractivity contribution in [3.05, 3.63) is 65.4 Å². The van der Waals surface area contributed by atoms with Gasteiger partial charge in [-0.15, -0.1) is 9.24 Å². The number of aromatic nitrogens is 2. The highest BCUT2D eigenvalue weighted by atomic mass is 32.2. The van der Waals surface area contributed by atoms with Gasteiger partial charge in [0.2, 0.25) is 11.9 Å². The van der Waals surface area contributed by atoms with E-state index in [-0.39, 0.29) is 41.9 Å².